The van der Waals surface area contributed by atoms with Gasteiger partial charge in [0.2, 0.25) is 5.91 Å². The predicted molar refractivity (Wildman–Crippen MR) is 189 cm³/mol. The number of carbonyl (C=O) groups excluding carboxylic acids is 1. The smallest absolute Gasteiger partial charge is 0.220 e. The number of amides is 1. The molecule has 0 spiro atoms. The Morgan fingerprint density at radius 3 is 1.21 bits per heavy atom. The fraction of sp³-hybridized carbons (Fsp3) is 0.923. The summed E-state index contributed by atoms with van der Waals surface area (Å²) in [5, 5.41) is 22.8. The Morgan fingerprint density at radius 2 is 0.860 bits per heavy atom. The second-order valence-electron chi connectivity index (χ2n) is 13.4. The standard InChI is InChI=1S/C39H77NO3/c1-3-5-7-9-11-13-14-15-16-17-18-19-20-21-22-23-24-25-26-27-29-31-33-35-39(43)40-37(36-41)38(42)34-32-30-28-12-10-8-6-4-2/h32,34,37-38,41-42H,3-31,33,35-36H2,1-2H3,(H,40,43)/b34-32+. The first-order chi connectivity index (χ1) is 21.2. The second kappa shape index (κ2) is 35.6. The van der Waals surface area contributed by atoms with Crippen molar-refractivity contribution in [1.29, 1.82) is 0 Å². The van der Waals surface area contributed by atoms with Crippen LogP contribution in [0.4, 0.5) is 0 Å². The molecule has 0 aromatic heterocycles. The van der Waals surface area contributed by atoms with Gasteiger partial charge in [0, 0.05) is 6.42 Å². The van der Waals surface area contributed by atoms with Crippen LogP contribution in [0.1, 0.15) is 213 Å². The molecule has 2 unspecified atom stereocenters. The van der Waals surface area contributed by atoms with E-state index in [1.807, 2.05) is 6.08 Å². The van der Waals surface area contributed by atoms with Crippen LogP contribution in [0.2, 0.25) is 0 Å². The maximum absolute atomic E-state index is 12.3. The van der Waals surface area contributed by atoms with Gasteiger partial charge in [0.15, 0.2) is 0 Å². The van der Waals surface area contributed by atoms with E-state index in [-0.39, 0.29) is 12.5 Å². The van der Waals surface area contributed by atoms with Crippen LogP contribution in [0.5, 0.6) is 0 Å². The van der Waals surface area contributed by atoms with Crippen LogP contribution in [0.15, 0.2) is 12.2 Å². The SMILES string of the molecule is CCCCCCCC/C=C/C(O)C(CO)NC(=O)CCCCCCCCCCCCCCCCCCCCCCCCC. The van der Waals surface area contributed by atoms with Gasteiger partial charge in [-0.1, -0.05) is 199 Å². The predicted octanol–water partition coefficient (Wildman–Crippen LogP) is 11.5. The van der Waals surface area contributed by atoms with Crippen molar-refractivity contribution in [3.8, 4) is 0 Å². The Bertz CT molecular complexity index is 579. The molecule has 43 heavy (non-hydrogen) atoms. The quantitative estimate of drug-likeness (QED) is 0.0496. The Hall–Kier alpha value is -0.870. The molecule has 0 aliphatic heterocycles. The van der Waals surface area contributed by atoms with Gasteiger partial charge in [-0.25, -0.2) is 0 Å². The number of hydrogen-bond donors (Lipinski definition) is 3. The minimum Gasteiger partial charge on any atom is -0.394 e. The maximum atomic E-state index is 12.3. The van der Waals surface area contributed by atoms with Gasteiger partial charge in [-0.05, 0) is 19.3 Å². The number of hydrogen-bond acceptors (Lipinski definition) is 3. The van der Waals surface area contributed by atoms with Crippen molar-refractivity contribution in [3.63, 3.8) is 0 Å². The first-order valence-corrected chi connectivity index (χ1v) is 19.4. The molecule has 0 bridgehead atoms. The monoisotopic (exact) mass is 608 g/mol. The van der Waals surface area contributed by atoms with E-state index in [1.165, 1.54) is 167 Å². The van der Waals surface area contributed by atoms with Crippen molar-refractivity contribution in [2.75, 3.05) is 6.61 Å². The minimum absolute atomic E-state index is 0.0640. The van der Waals surface area contributed by atoms with E-state index in [0.29, 0.717) is 6.42 Å². The van der Waals surface area contributed by atoms with Crippen LogP contribution < -0.4 is 5.32 Å². The Kier molecular flexibility index (Phi) is 34.9. The molecule has 4 nitrogen and oxygen atoms in total. The van der Waals surface area contributed by atoms with Gasteiger partial charge in [0.05, 0.1) is 18.8 Å². The molecule has 0 aliphatic carbocycles. The fourth-order valence-corrected chi connectivity index (χ4v) is 6.00. The highest BCUT2D eigenvalue weighted by atomic mass is 16.3. The first kappa shape index (κ1) is 42.1. The van der Waals surface area contributed by atoms with Gasteiger partial charge >= 0.3 is 0 Å². The molecule has 0 aliphatic rings. The molecule has 0 saturated heterocycles. The Balaban J connectivity index is 3.44. The summed E-state index contributed by atoms with van der Waals surface area (Å²) in [6.45, 7) is 4.28. The lowest BCUT2D eigenvalue weighted by Crippen LogP contribution is -2.45. The van der Waals surface area contributed by atoms with E-state index in [0.717, 1.165) is 25.7 Å². The number of allylic oxidation sites excluding steroid dienone is 1. The number of nitrogens with one attached hydrogen (secondary N) is 1. The highest BCUT2D eigenvalue weighted by molar-refractivity contribution is 5.76. The molecule has 0 rings (SSSR count). The zero-order valence-electron chi connectivity index (χ0n) is 29.2. The van der Waals surface area contributed by atoms with Crippen LogP contribution in [0.25, 0.3) is 0 Å². The zero-order chi connectivity index (χ0) is 31.5. The molecule has 0 radical (unpaired) electrons. The van der Waals surface area contributed by atoms with E-state index >= 15 is 0 Å². The first-order valence-electron chi connectivity index (χ1n) is 19.4. The van der Waals surface area contributed by atoms with Crippen LogP contribution in [-0.2, 0) is 4.79 Å². The molecule has 0 aromatic carbocycles. The molecule has 4 heteroatoms. The summed E-state index contributed by atoms with van der Waals surface area (Å²) >= 11 is 0. The van der Waals surface area contributed by atoms with Gasteiger partial charge in [0.25, 0.3) is 0 Å². The highest BCUT2D eigenvalue weighted by Crippen LogP contribution is 2.16. The third-order valence-corrected chi connectivity index (χ3v) is 9.02. The van der Waals surface area contributed by atoms with Crippen molar-refractivity contribution in [3.05, 3.63) is 12.2 Å². The molecule has 0 aromatic rings. The summed E-state index contributed by atoms with van der Waals surface area (Å²) in [5.41, 5.74) is 0. The van der Waals surface area contributed by atoms with Gasteiger partial charge < -0.3 is 15.5 Å². The highest BCUT2D eigenvalue weighted by Gasteiger charge is 2.17. The number of carbonyl (C=O) groups is 1. The lowest BCUT2D eigenvalue weighted by molar-refractivity contribution is -0.123. The molecule has 0 fully saturated rings. The molecule has 2 atom stereocenters. The number of aliphatic hydroxyl groups is 2. The van der Waals surface area contributed by atoms with Crippen LogP contribution in [0, 0.1) is 0 Å². The average molecular weight is 608 g/mol. The topological polar surface area (TPSA) is 69.6 Å². The molecule has 3 N–H and O–H groups in total. The van der Waals surface area contributed by atoms with Gasteiger partial charge in [-0.3, -0.25) is 4.79 Å². The largest absolute Gasteiger partial charge is 0.394 e. The van der Waals surface area contributed by atoms with E-state index in [1.54, 1.807) is 6.08 Å². The van der Waals surface area contributed by atoms with Crippen molar-refractivity contribution in [2.45, 2.75) is 225 Å². The number of rotatable bonds is 35. The van der Waals surface area contributed by atoms with Crippen molar-refractivity contribution in [1.82, 2.24) is 5.32 Å². The summed E-state index contributed by atoms with van der Waals surface area (Å²) in [5.74, 6) is -0.0640. The number of aliphatic hydroxyl groups excluding tert-OH is 2. The van der Waals surface area contributed by atoms with Crippen LogP contribution in [0.3, 0.4) is 0 Å². The fourth-order valence-electron chi connectivity index (χ4n) is 6.00. The second-order valence-corrected chi connectivity index (χ2v) is 13.4. The van der Waals surface area contributed by atoms with Crippen molar-refractivity contribution >= 4 is 5.91 Å². The van der Waals surface area contributed by atoms with Gasteiger partial charge in [-0.2, -0.15) is 0 Å². The zero-order valence-corrected chi connectivity index (χ0v) is 29.2. The summed E-state index contributed by atoms with van der Waals surface area (Å²) in [7, 11) is 0. The van der Waals surface area contributed by atoms with Crippen molar-refractivity contribution in [2.24, 2.45) is 0 Å². The van der Waals surface area contributed by atoms with E-state index in [9.17, 15) is 15.0 Å². The van der Waals surface area contributed by atoms with Gasteiger partial charge in [0.1, 0.15) is 0 Å². The lowest BCUT2D eigenvalue weighted by atomic mass is 10.0. The molecule has 0 saturated carbocycles. The Morgan fingerprint density at radius 1 is 0.535 bits per heavy atom. The third kappa shape index (κ3) is 32.3. The minimum atomic E-state index is -0.830. The number of unbranched alkanes of at least 4 members (excludes halogenated alkanes) is 28. The summed E-state index contributed by atoms with van der Waals surface area (Å²) < 4.78 is 0. The Labute approximate surface area is 269 Å². The maximum Gasteiger partial charge on any atom is 0.220 e. The van der Waals surface area contributed by atoms with E-state index in [2.05, 4.69) is 19.2 Å². The van der Waals surface area contributed by atoms with E-state index < -0.39 is 12.1 Å². The van der Waals surface area contributed by atoms with Crippen LogP contribution >= 0.6 is 0 Å². The van der Waals surface area contributed by atoms with E-state index in [4.69, 9.17) is 0 Å². The lowest BCUT2D eigenvalue weighted by Gasteiger charge is -2.20. The molecular formula is C39H77NO3. The molecule has 1 amide bonds. The molecular weight excluding hydrogens is 530 g/mol. The molecule has 0 heterocycles. The van der Waals surface area contributed by atoms with Gasteiger partial charge in [-0.15, -0.1) is 0 Å². The molecule has 256 valence electrons. The van der Waals surface area contributed by atoms with Crippen molar-refractivity contribution < 1.29 is 15.0 Å². The normalized spacial score (nSPS) is 13.1. The summed E-state index contributed by atoms with van der Waals surface area (Å²) in [4.78, 5) is 12.3. The van der Waals surface area contributed by atoms with Crippen LogP contribution in [-0.4, -0.2) is 34.9 Å². The third-order valence-electron chi connectivity index (χ3n) is 9.02. The summed E-state index contributed by atoms with van der Waals surface area (Å²) in [6.07, 6.45) is 43.2. The summed E-state index contributed by atoms with van der Waals surface area (Å²) in [6, 6.07) is -0.613. The average Bonchev–Trinajstić information content (AvgIpc) is 3.01.